The summed E-state index contributed by atoms with van der Waals surface area (Å²) in [6.07, 6.45) is 14.5. The number of carbonyl (C=O) groups excluding carboxylic acids is 1. The fourth-order valence-electron chi connectivity index (χ4n) is 4.44. The Labute approximate surface area is 148 Å². The number of anilines is 1. The van der Waals surface area contributed by atoms with Crippen LogP contribution in [0.25, 0.3) is 5.70 Å². The van der Waals surface area contributed by atoms with Crippen molar-refractivity contribution in [3.8, 4) is 12.3 Å². The van der Waals surface area contributed by atoms with Crippen molar-refractivity contribution in [3.63, 3.8) is 0 Å². The lowest BCUT2D eigenvalue weighted by molar-refractivity contribution is -0.114. The minimum Gasteiger partial charge on any atom is -0.370 e. The second-order valence-electron chi connectivity index (χ2n) is 8.00. The van der Waals surface area contributed by atoms with Crippen molar-refractivity contribution in [2.75, 3.05) is 31.1 Å². The van der Waals surface area contributed by atoms with E-state index >= 15 is 0 Å². The number of nitrogens with zero attached hydrogens (tertiary/aromatic N) is 3. The number of terminal acetylenes is 1. The van der Waals surface area contributed by atoms with E-state index in [-0.39, 0.29) is 5.78 Å². The summed E-state index contributed by atoms with van der Waals surface area (Å²) in [4.78, 5) is 21.9. The summed E-state index contributed by atoms with van der Waals surface area (Å²) < 4.78 is 0. The van der Waals surface area contributed by atoms with Gasteiger partial charge in [-0.15, -0.1) is 6.42 Å². The number of Topliss-reactive ketones (excluding diaryl/α,β-unsaturated/α-hetero) is 1. The van der Waals surface area contributed by atoms with E-state index in [2.05, 4.69) is 26.8 Å². The van der Waals surface area contributed by atoms with Gasteiger partial charge in [0.05, 0.1) is 11.3 Å². The van der Waals surface area contributed by atoms with Gasteiger partial charge in [0.1, 0.15) is 5.82 Å². The van der Waals surface area contributed by atoms with Crippen LogP contribution in [0.2, 0.25) is 0 Å². The first-order valence-corrected chi connectivity index (χ1v) is 9.42. The second-order valence-corrected chi connectivity index (χ2v) is 8.00. The normalized spacial score (nSPS) is 24.0. The molecule has 0 atom stereocenters. The molecule has 0 N–H and O–H groups in total. The lowest BCUT2D eigenvalue weighted by atomic mass is 9.86. The molecule has 0 aromatic carbocycles. The lowest BCUT2D eigenvalue weighted by Gasteiger charge is -2.38. The van der Waals surface area contributed by atoms with Crippen molar-refractivity contribution in [1.82, 2.24) is 9.88 Å². The first-order valence-electron chi connectivity index (χ1n) is 9.42. The summed E-state index contributed by atoms with van der Waals surface area (Å²) in [5.74, 6) is 3.79. The number of likely N-dealkylation sites (tertiary alicyclic amines) is 1. The third-order valence-corrected chi connectivity index (χ3v) is 6.52. The minimum atomic E-state index is 0.0650. The zero-order chi connectivity index (χ0) is 17.0. The zero-order valence-corrected chi connectivity index (χ0v) is 14.6. The third kappa shape index (κ3) is 2.37. The van der Waals surface area contributed by atoms with Gasteiger partial charge in [0.2, 0.25) is 0 Å². The average molecular weight is 333 g/mol. The van der Waals surface area contributed by atoms with E-state index < -0.39 is 0 Å². The number of pyridine rings is 1. The first kappa shape index (κ1) is 15.0. The summed E-state index contributed by atoms with van der Waals surface area (Å²) in [5.41, 5.74) is 4.33. The van der Waals surface area contributed by atoms with Gasteiger partial charge in [0.25, 0.3) is 0 Å². The molecule has 2 aliphatic heterocycles. The Morgan fingerprint density at radius 3 is 2.44 bits per heavy atom. The molecule has 0 amide bonds. The number of allylic oxidation sites excluding steroid dienone is 1. The molecule has 4 heteroatoms. The fourth-order valence-corrected chi connectivity index (χ4v) is 4.44. The summed E-state index contributed by atoms with van der Waals surface area (Å²) in [6, 6.07) is 2.16. The van der Waals surface area contributed by atoms with Gasteiger partial charge >= 0.3 is 0 Å². The van der Waals surface area contributed by atoms with E-state index in [0.717, 1.165) is 48.8 Å². The van der Waals surface area contributed by atoms with Crippen LogP contribution in [0, 0.1) is 17.8 Å². The third-order valence-electron chi connectivity index (χ3n) is 6.52. The van der Waals surface area contributed by atoms with Crippen LogP contribution in [0.1, 0.15) is 43.2 Å². The molecule has 128 valence electrons. The summed E-state index contributed by atoms with van der Waals surface area (Å²) in [5, 5.41) is 0. The van der Waals surface area contributed by atoms with Crippen LogP contribution in [-0.2, 0) is 11.2 Å². The van der Waals surface area contributed by atoms with Gasteiger partial charge in [-0.2, -0.15) is 0 Å². The molecule has 1 aromatic heterocycles. The highest BCUT2D eigenvalue weighted by Gasteiger charge is 2.45. The van der Waals surface area contributed by atoms with E-state index in [4.69, 9.17) is 6.42 Å². The largest absolute Gasteiger partial charge is 0.370 e. The molecule has 2 aliphatic carbocycles. The molecule has 0 unspecified atom stereocenters. The minimum absolute atomic E-state index is 0.0650. The SMILES string of the molecule is C#CC1=C(N2CCC3(CC2)CC3)c2cc(N3CCC3)ncc2CC1=O. The molecule has 1 aromatic rings. The van der Waals surface area contributed by atoms with Crippen LogP contribution in [0.4, 0.5) is 5.82 Å². The number of hydrogen-bond acceptors (Lipinski definition) is 4. The van der Waals surface area contributed by atoms with Crippen molar-refractivity contribution < 1.29 is 4.79 Å². The molecule has 4 nitrogen and oxygen atoms in total. The van der Waals surface area contributed by atoms with Gasteiger partial charge in [-0.1, -0.05) is 5.92 Å². The van der Waals surface area contributed by atoms with Gasteiger partial charge in [0, 0.05) is 44.4 Å². The molecular weight excluding hydrogens is 310 g/mol. The molecule has 25 heavy (non-hydrogen) atoms. The molecule has 1 spiro atoms. The van der Waals surface area contributed by atoms with Gasteiger partial charge in [-0.25, -0.2) is 4.98 Å². The highest BCUT2D eigenvalue weighted by molar-refractivity contribution is 6.10. The van der Waals surface area contributed by atoms with Crippen LogP contribution >= 0.6 is 0 Å². The maximum absolute atomic E-state index is 12.6. The van der Waals surface area contributed by atoms with Gasteiger partial charge < -0.3 is 9.80 Å². The second kappa shape index (κ2) is 5.36. The Hall–Kier alpha value is -2.28. The fraction of sp³-hybridized carbons (Fsp3) is 0.524. The van der Waals surface area contributed by atoms with Crippen molar-refractivity contribution in [3.05, 3.63) is 29.0 Å². The summed E-state index contributed by atoms with van der Waals surface area (Å²) in [7, 11) is 0. The number of aromatic nitrogens is 1. The van der Waals surface area contributed by atoms with Crippen molar-refractivity contribution in [2.24, 2.45) is 5.41 Å². The Kier molecular flexibility index (Phi) is 3.22. The molecule has 5 rings (SSSR count). The van der Waals surface area contributed by atoms with Gasteiger partial charge in [-0.05, 0) is 49.1 Å². The van der Waals surface area contributed by atoms with Crippen molar-refractivity contribution in [1.29, 1.82) is 0 Å². The van der Waals surface area contributed by atoms with Crippen LogP contribution in [-0.4, -0.2) is 41.8 Å². The lowest BCUT2D eigenvalue weighted by Crippen LogP contribution is -2.38. The van der Waals surface area contributed by atoms with E-state index in [1.165, 1.54) is 32.1 Å². The highest BCUT2D eigenvalue weighted by Crippen LogP contribution is 2.54. The number of ketones is 1. The smallest absolute Gasteiger partial charge is 0.177 e. The van der Waals surface area contributed by atoms with Crippen molar-refractivity contribution >= 4 is 17.3 Å². The summed E-state index contributed by atoms with van der Waals surface area (Å²) in [6.45, 7) is 4.15. The number of piperidine rings is 1. The Bertz CT molecular complexity index is 814. The van der Waals surface area contributed by atoms with Crippen LogP contribution in [0.3, 0.4) is 0 Å². The van der Waals surface area contributed by atoms with Crippen LogP contribution in [0.15, 0.2) is 17.8 Å². The molecule has 4 aliphatic rings. The number of rotatable bonds is 2. The predicted octanol–water partition coefficient (Wildman–Crippen LogP) is 2.64. The summed E-state index contributed by atoms with van der Waals surface area (Å²) >= 11 is 0. The van der Waals surface area contributed by atoms with E-state index in [9.17, 15) is 4.79 Å². The molecule has 2 saturated heterocycles. The quantitative estimate of drug-likeness (QED) is 0.780. The Balaban J connectivity index is 1.56. The van der Waals surface area contributed by atoms with Crippen LogP contribution in [0.5, 0.6) is 0 Å². The van der Waals surface area contributed by atoms with E-state index in [1.54, 1.807) is 0 Å². The van der Waals surface area contributed by atoms with Gasteiger partial charge in [0.15, 0.2) is 5.78 Å². The van der Waals surface area contributed by atoms with E-state index in [0.29, 0.717) is 17.4 Å². The number of fused-ring (bicyclic) bond motifs is 1. The molecule has 0 bridgehead atoms. The molecule has 0 radical (unpaired) electrons. The number of carbonyl (C=O) groups is 1. The monoisotopic (exact) mass is 333 g/mol. The molecule has 1 saturated carbocycles. The predicted molar refractivity (Wildman–Crippen MR) is 98.0 cm³/mol. The van der Waals surface area contributed by atoms with E-state index in [1.807, 2.05) is 6.20 Å². The topological polar surface area (TPSA) is 36.4 Å². The maximum Gasteiger partial charge on any atom is 0.177 e. The molecule has 3 fully saturated rings. The molecule has 3 heterocycles. The number of hydrogen-bond donors (Lipinski definition) is 0. The first-order chi connectivity index (χ1) is 12.2. The van der Waals surface area contributed by atoms with Crippen LogP contribution < -0.4 is 4.90 Å². The standard InChI is InChI=1S/C21H23N3O/c1-2-16-18(25)12-15-14-22-19(23-8-3-9-23)13-17(15)20(16)24-10-6-21(4-5-21)7-11-24/h1,13-14H,3-12H2. The zero-order valence-electron chi connectivity index (χ0n) is 14.6. The molecular formula is C21H23N3O. The Morgan fingerprint density at radius 1 is 1.08 bits per heavy atom. The highest BCUT2D eigenvalue weighted by atomic mass is 16.1. The average Bonchev–Trinajstić information content (AvgIpc) is 3.32. The van der Waals surface area contributed by atoms with Gasteiger partial charge in [-0.3, -0.25) is 4.79 Å². The van der Waals surface area contributed by atoms with Crippen molar-refractivity contribution in [2.45, 2.75) is 38.5 Å². The maximum atomic E-state index is 12.6. The Morgan fingerprint density at radius 2 is 1.84 bits per heavy atom.